The van der Waals surface area contributed by atoms with Crippen LogP contribution in [0.3, 0.4) is 0 Å². The Labute approximate surface area is 202 Å². The maximum atomic E-state index is 12.3. The second-order valence-corrected chi connectivity index (χ2v) is 7.75. The number of methoxy groups -OCH3 is 4. The van der Waals surface area contributed by atoms with Gasteiger partial charge in [0.1, 0.15) is 11.5 Å². The standard InChI is InChI=1S/C23H27N5O5S/c1-6-28-22(15-7-9-19(32-4)20(12-15)33-5)26-27-23(28)34-14-21(29)25-24-13-16-11-17(30-2)8-10-18(16)31-3/h7-13H,6,14H2,1-5H3,(H,25,29)/b24-13+. The van der Waals surface area contributed by atoms with Crippen LogP contribution in [-0.4, -0.2) is 61.1 Å². The SMILES string of the molecule is CCn1c(SCC(=O)N/N=C/c2cc(OC)ccc2OC)nnc1-c1ccc(OC)c(OC)c1. The lowest BCUT2D eigenvalue weighted by Gasteiger charge is -2.10. The summed E-state index contributed by atoms with van der Waals surface area (Å²) in [6.45, 7) is 2.62. The van der Waals surface area contributed by atoms with Crippen molar-refractivity contribution in [2.75, 3.05) is 34.2 Å². The molecular weight excluding hydrogens is 458 g/mol. The maximum absolute atomic E-state index is 12.3. The lowest BCUT2D eigenvalue weighted by atomic mass is 10.2. The third-order valence-corrected chi connectivity index (χ3v) is 5.80. The van der Waals surface area contributed by atoms with Gasteiger partial charge in [-0.05, 0) is 43.3 Å². The number of hydrogen-bond donors (Lipinski definition) is 1. The zero-order chi connectivity index (χ0) is 24.5. The fraction of sp³-hybridized carbons (Fsp3) is 0.304. The van der Waals surface area contributed by atoms with Crippen molar-refractivity contribution in [1.82, 2.24) is 20.2 Å². The van der Waals surface area contributed by atoms with E-state index in [9.17, 15) is 4.79 Å². The molecule has 1 amide bonds. The van der Waals surface area contributed by atoms with Crippen LogP contribution in [0.5, 0.6) is 23.0 Å². The molecule has 0 saturated carbocycles. The zero-order valence-corrected chi connectivity index (χ0v) is 20.5. The predicted octanol–water partition coefficient (Wildman–Crippen LogP) is 3.24. The van der Waals surface area contributed by atoms with Crippen LogP contribution in [0.2, 0.25) is 0 Å². The largest absolute Gasteiger partial charge is 0.497 e. The van der Waals surface area contributed by atoms with Crippen LogP contribution < -0.4 is 24.4 Å². The first-order valence-electron chi connectivity index (χ1n) is 10.4. The number of nitrogens with zero attached hydrogens (tertiary/aromatic N) is 4. The Hall–Kier alpha value is -3.73. The van der Waals surface area contributed by atoms with Crippen molar-refractivity contribution in [2.24, 2.45) is 5.10 Å². The highest BCUT2D eigenvalue weighted by atomic mass is 32.2. The number of carbonyl (C=O) groups excluding carboxylic acids is 1. The highest BCUT2D eigenvalue weighted by Gasteiger charge is 2.16. The fourth-order valence-electron chi connectivity index (χ4n) is 3.15. The van der Waals surface area contributed by atoms with Gasteiger partial charge in [0, 0.05) is 17.7 Å². The molecule has 2 aromatic carbocycles. The van der Waals surface area contributed by atoms with Gasteiger partial charge in [-0.25, -0.2) is 5.43 Å². The lowest BCUT2D eigenvalue weighted by molar-refractivity contribution is -0.118. The predicted molar refractivity (Wildman–Crippen MR) is 130 cm³/mol. The molecule has 0 atom stereocenters. The summed E-state index contributed by atoms with van der Waals surface area (Å²) < 4.78 is 23.1. The van der Waals surface area contributed by atoms with Crippen molar-refractivity contribution >= 4 is 23.9 Å². The Morgan fingerprint density at radius 2 is 1.74 bits per heavy atom. The minimum Gasteiger partial charge on any atom is -0.497 e. The third-order valence-electron chi connectivity index (χ3n) is 4.84. The van der Waals surface area contributed by atoms with Gasteiger partial charge in [0.15, 0.2) is 22.5 Å². The van der Waals surface area contributed by atoms with Crippen LogP contribution >= 0.6 is 11.8 Å². The Balaban J connectivity index is 1.66. The molecule has 11 heteroatoms. The molecule has 0 bridgehead atoms. The van der Waals surface area contributed by atoms with Crippen molar-refractivity contribution in [3.63, 3.8) is 0 Å². The van der Waals surface area contributed by atoms with E-state index in [0.717, 1.165) is 5.56 Å². The van der Waals surface area contributed by atoms with Gasteiger partial charge in [0.2, 0.25) is 0 Å². The maximum Gasteiger partial charge on any atom is 0.250 e. The van der Waals surface area contributed by atoms with Crippen molar-refractivity contribution < 1.29 is 23.7 Å². The average molecular weight is 486 g/mol. The minimum atomic E-state index is -0.276. The first-order chi connectivity index (χ1) is 16.5. The number of benzene rings is 2. The van der Waals surface area contributed by atoms with E-state index in [1.807, 2.05) is 29.7 Å². The van der Waals surface area contributed by atoms with Crippen molar-refractivity contribution in [3.05, 3.63) is 42.0 Å². The van der Waals surface area contributed by atoms with Crippen molar-refractivity contribution in [1.29, 1.82) is 0 Å². The highest BCUT2D eigenvalue weighted by Crippen LogP contribution is 2.32. The van der Waals surface area contributed by atoms with Crippen LogP contribution in [0.4, 0.5) is 0 Å². The van der Waals surface area contributed by atoms with Gasteiger partial charge >= 0.3 is 0 Å². The van der Waals surface area contributed by atoms with Crippen LogP contribution in [0.15, 0.2) is 46.7 Å². The summed E-state index contributed by atoms with van der Waals surface area (Å²) in [5.41, 5.74) is 4.03. The molecule has 0 spiro atoms. The summed E-state index contributed by atoms with van der Waals surface area (Å²) in [5.74, 6) is 3.03. The Morgan fingerprint density at radius 1 is 1.00 bits per heavy atom. The van der Waals surface area contributed by atoms with E-state index in [0.29, 0.717) is 46.1 Å². The molecule has 0 unspecified atom stereocenters. The van der Waals surface area contributed by atoms with Crippen LogP contribution in [0.25, 0.3) is 11.4 Å². The molecule has 0 fully saturated rings. The number of ether oxygens (including phenoxy) is 4. The van der Waals surface area contributed by atoms with Crippen molar-refractivity contribution in [3.8, 4) is 34.4 Å². The second kappa shape index (κ2) is 11.9. The van der Waals surface area contributed by atoms with Gasteiger partial charge in [-0.1, -0.05) is 11.8 Å². The van der Waals surface area contributed by atoms with Gasteiger partial charge in [0.25, 0.3) is 5.91 Å². The van der Waals surface area contributed by atoms with Crippen LogP contribution in [0.1, 0.15) is 12.5 Å². The van der Waals surface area contributed by atoms with E-state index >= 15 is 0 Å². The number of nitrogens with one attached hydrogen (secondary N) is 1. The summed E-state index contributed by atoms with van der Waals surface area (Å²) in [7, 11) is 6.31. The van der Waals surface area contributed by atoms with Crippen molar-refractivity contribution in [2.45, 2.75) is 18.6 Å². The Morgan fingerprint density at radius 3 is 2.41 bits per heavy atom. The molecule has 10 nitrogen and oxygen atoms in total. The van der Waals surface area contributed by atoms with E-state index in [1.165, 1.54) is 18.0 Å². The van der Waals surface area contributed by atoms with E-state index in [-0.39, 0.29) is 11.7 Å². The van der Waals surface area contributed by atoms with Crippen LogP contribution in [0, 0.1) is 0 Å². The molecule has 1 aromatic heterocycles. The smallest absolute Gasteiger partial charge is 0.250 e. The van der Waals surface area contributed by atoms with Gasteiger partial charge in [-0.2, -0.15) is 5.10 Å². The average Bonchev–Trinajstić information content (AvgIpc) is 3.29. The number of aromatic nitrogens is 3. The molecule has 1 N–H and O–H groups in total. The zero-order valence-electron chi connectivity index (χ0n) is 19.7. The summed E-state index contributed by atoms with van der Waals surface area (Å²) in [4.78, 5) is 12.3. The number of hydrogen-bond acceptors (Lipinski definition) is 9. The molecule has 0 aliphatic carbocycles. The Bertz CT molecular complexity index is 1160. The van der Waals surface area contributed by atoms with Gasteiger partial charge < -0.3 is 23.5 Å². The quantitative estimate of drug-likeness (QED) is 0.250. The molecule has 3 aromatic rings. The van der Waals surface area contributed by atoms with Crippen LogP contribution in [-0.2, 0) is 11.3 Å². The summed E-state index contributed by atoms with van der Waals surface area (Å²) in [6.07, 6.45) is 1.51. The lowest BCUT2D eigenvalue weighted by Crippen LogP contribution is -2.20. The van der Waals surface area contributed by atoms with Gasteiger partial charge in [-0.3, -0.25) is 4.79 Å². The molecule has 0 radical (unpaired) electrons. The van der Waals surface area contributed by atoms with Gasteiger partial charge in [-0.15, -0.1) is 10.2 Å². The number of carbonyl (C=O) groups is 1. The summed E-state index contributed by atoms with van der Waals surface area (Å²) >= 11 is 1.28. The van der Waals surface area contributed by atoms with E-state index in [1.54, 1.807) is 46.6 Å². The Kier molecular flexibility index (Phi) is 8.74. The molecule has 0 aliphatic heterocycles. The van der Waals surface area contributed by atoms with E-state index in [4.69, 9.17) is 18.9 Å². The topological polar surface area (TPSA) is 109 Å². The fourth-order valence-corrected chi connectivity index (χ4v) is 3.94. The first kappa shape index (κ1) is 24.9. The molecule has 34 heavy (non-hydrogen) atoms. The van der Waals surface area contributed by atoms with E-state index in [2.05, 4.69) is 20.7 Å². The monoisotopic (exact) mass is 485 g/mol. The summed E-state index contributed by atoms with van der Waals surface area (Å²) in [6, 6.07) is 10.9. The van der Waals surface area contributed by atoms with Gasteiger partial charge in [0.05, 0.1) is 40.4 Å². The molecule has 0 saturated heterocycles. The molecule has 3 rings (SSSR count). The first-order valence-corrected chi connectivity index (χ1v) is 11.3. The molecular formula is C23H27N5O5S. The molecule has 180 valence electrons. The number of hydrazone groups is 1. The second-order valence-electron chi connectivity index (χ2n) is 6.81. The molecule has 0 aliphatic rings. The highest BCUT2D eigenvalue weighted by molar-refractivity contribution is 7.99. The third kappa shape index (κ3) is 5.79. The molecule has 1 heterocycles. The number of thioether (sulfide) groups is 1. The number of rotatable bonds is 11. The normalized spacial score (nSPS) is 10.9. The summed E-state index contributed by atoms with van der Waals surface area (Å²) in [5, 5.41) is 13.2. The van der Waals surface area contributed by atoms with E-state index < -0.39 is 0 Å². The number of amides is 1. The minimum absolute atomic E-state index is 0.122.